The van der Waals surface area contributed by atoms with Crippen LogP contribution in [0.15, 0.2) is 59.5 Å². The van der Waals surface area contributed by atoms with Gasteiger partial charge in [-0.25, -0.2) is 0 Å². The number of rotatable bonds is 7. The summed E-state index contributed by atoms with van der Waals surface area (Å²) in [5.41, 5.74) is 1.20. The van der Waals surface area contributed by atoms with E-state index in [-0.39, 0.29) is 11.9 Å². The van der Waals surface area contributed by atoms with E-state index >= 15 is 0 Å². The fourth-order valence-electron chi connectivity index (χ4n) is 2.97. The van der Waals surface area contributed by atoms with Gasteiger partial charge in [-0.15, -0.1) is 11.8 Å². The van der Waals surface area contributed by atoms with Crippen LogP contribution in [-0.4, -0.2) is 18.8 Å². The van der Waals surface area contributed by atoms with Crippen molar-refractivity contribution < 1.29 is 9.53 Å². The van der Waals surface area contributed by atoms with Crippen molar-refractivity contribution in [3.05, 3.63) is 60.2 Å². The summed E-state index contributed by atoms with van der Waals surface area (Å²) in [6.07, 6.45) is 1.18. The zero-order valence-corrected chi connectivity index (χ0v) is 14.9. The molecule has 0 bridgehead atoms. The average molecular weight is 341 g/mol. The number of amides is 1. The van der Waals surface area contributed by atoms with Gasteiger partial charge in [-0.2, -0.15) is 0 Å². The van der Waals surface area contributed by atoms with Gasteiger partial charge in [0.1, 0.15) is 5.75 Å². The lowest BCUT2D eigenvalue weighted by atomic mass is 10.0. The van der Waals surface area contributed by atoms with Crippen LogP contribution in [-0.2, 0) is 4.79 Å². The average Bonchev–Trinajstić information content (AvgIpc) is 3.35. The largest absolute Gasteiger partial charge is 0.497 e. The van der Waals surface area contributed by atoms with Gasteiger partial charge in [0.2, 0.25) is 5.91 Å². The topological polar surface area (TPSA) is 38.3 Å². The number of ether oxygens (including phenoxy) is 1. The van der Waals surface area contributed by atoms with Crippen molar-refractivity contribution in [1.29, 1.82) is 0 Å². The molecule has 1 fully saturated rings. The standard InChI is InChI=1S/C20H23NO2S/c1-14-11-18(14)20(15-7-4-3-5-8-15)21-19(22)13-24-17-10-6-9-16(12-17)23-2/h3-10,12,14,18,20H,11,13H2,1-2H3,(H,21,22). The minimum Gasteiger partial charge on any atom is -0.497 e. The minimum atomic E-state index is 0.0794. The van der Waals surface area contributed by atoms with Crippen LogP contribution in [0.5, 0.6) is 5.75 Å². The third kappa shape index (κ3) is 4.32. The van der Waals surface area contributed by atoms with Crippen molar-refractivity contribution in [3.8, 4) is 5.75 Å². The molecule has 126 valence electrons. The van der Waals surface area contributed by atoms with Gasteiger partial charge in [0.25, 0.3) is 0 Å². The first-order chi connectivity index (χ1) is 11.7. The molecule has 24 heavy (non-hydrogen) atoms. The van der Waals surface area contributed by atoms with E-state index in [1.807, 2.05) is 42.5 Å². The number of carbonyl (C=O) groups is 1. The summed E-state index contributed by atoms with van der Waals surface area (Å²) >= 11 is 1.54. The molecule has 1 saturated carbocycles. The molecule has 4 heteroatoms. The number of benzene rings is 2. The Labute approximate surface area is 147 Å². The van der Waals surface area contributed by atoms with Gasteiger partial charge >= 0.3 is 0 Å². The highest BCUT2D eigenvalue weighted by atomic mass is 32.2. The van der Waals surface area contributed by atoms with Crippen LogP contribution in [0.25, 0.3) is 0 Å². The molecule has 2 aromatic rings. The summed E-state index contributed by atoms with van der Waals surface area (Å²) in [7, 11) is 1.65. The third-order valence-corrected chi connectivity index (χ3v) is 5.48. The molecule has 0 heterocycles. The number of hydrogen-bond acceptors (Lipinski definition) is 3. The second-order valence-electron chi connectivity index (χ2n) is 6.30. The molecule has 2 aromatic carbocycles. The predicted octanol–water partition coefficient (Wildman–Crippen LogP) is 4.30. The monoisotopic (exact) mass is 341 g/mol. The normalized spacial score (nSPS) is 20.2. The van der Waals surface area contributed by atoms with E-state index in [0.717, 1.165) is 10.6 Å². The fraction of sp³-hybridized carbons (Fsp3) is 0.350. The molecule has 0 spiro atoms. The summed E-state index contributed by atoms with van der Waals surface area (Å²) in [6.45, 7) is 2.25. The first kappa shape index (κ1) is 16.9. The van der Waals surface area contributed by atoms with E-state index in [4.69, 9.17) is 4.74 Å². The van der Waals surface area contributed by atoms with Crippen LogP contribution < -0.4 is 10.1 Å². The molecule has 0 radical (unpaired) electrons. The van der Waals surface area contributed by atoms with Crippen LogP contribution in [0.1, 0.15) is 24.9 Å². The maximum absolute atomic E-state index is 12.4. The molecule has 3 atom stereocenters. The molecule has 1 amide bonds. The van der Waals surface area contributed by atoms with Gasteiger partial charge in [-0.3, -0.25) is 4.79 Å². The second kappa shape index (κ2) is 7.75. The molecular formula is C20H23NO2S. The molecule has 1 aliphatic rings. The van der Waals surface area contributed by atoms with Crippen LogP contribution >= 0.6 is 11.8 Å². The van der Waals surface area contributed by atoms with Gasteiger partial charge in [0.05, 0.1) is 18.9 Å². The molecule has 0 aliphatic heterocycles. The summed E-state index contributed by atoms with van der Waals surface area (Å²) in [5.74, 6) is 2.54. The Morgan fingerprint density at radius 3 is 2.67 bits per heavy atom. The first-order valence-corrected chi connectivity index (χ1v) is 9.27. The van der Waals surface area contributed by atoms with Gasteiger partial charge in [0, 0.05) is 4.90 Å². The summed E-state index contributed by atoms with van der Waals surface area (Å²) in [4.78, 5) is 13.5. The Morgan fingerprint density at radius 1 is 1.25 bits per heavy atom. The Balaban J connectivity index is 1.59. The smallest absolute Gasteiger partial charge is 0.230 e. The van der Waals surface area contributed by atoms with E-state index in [0.29, 0.717) is 17.6 Å². The molecule has 3 rings (SSSR count). The van der Waals surface area contributed by atoms with Crippen molar-refractivity contribution in [2.24, 2.45) is 11.8 Å². The lowest BCUT2D eigenvalue weighted by molar-refractivity contribution is -0.119. The van der Waals surface area contributed by atoms with Crippen molar-refractivity contribution in [3.63, 3.8) is 0 Å². The number of thioether (sulfide) groups is 1. The van der Waals surface area contributed by atoms with Crippen molar-refractivity contribution in [2.75, 3.05) is 12.9 Å². The van der Waals surface area contributed by atoms with Crippen molar-refractivity contribution in [1.82, 2.24) is 5.32 Å². The van der Waals surface area contributed by atoms with E-state index < -0.39 is 0 Å². The molecule has 0 aromatic heterocycles. The van der Waals surface area contributed by atoms with Crippen molar-refractivity contribution in [2.45, 2.75) is 24.3 Å². The highest BCUT2D eigenvalue weighted by Gasteiger charge is 2.40. The fourth-order valence-corrected chi connectivity index (χ4v) is 3.72. The van der Waals surface area contributed by atoms with Crippen LogP contribution in [0.3, 0.4) is 0 Å². The number of nitrogens with one attached hydrogen (secondary N) is 1. The van der Waals surface area contributed by atoms with E-state index in [1.54, 1.807) is 7.11 Å². The van der Waals surface area contributed by atoms with Gasteiger partial charge < -0.3 is 10.1 Å². The van der Waals surface area contributed by atoms with Crippen LogP contribution in [0.4, 0.5) is 0 Å². The number of methoxy groups -OCH3 is 1. The summed E-state index contributed by atoms with van der Waals surface area (Å²) in [5, 5.41) is 3.23. The Kier molecular flexibility index (Phi) is 5.46. The van der Waals surface area contributed by atoms with E-state index in [1.165, 1.54) is 23.7 Å². The van der Waals surface area contributed by atoms with Crippen LogP contribution in [0.2, 0.25) is 0 Å². The van der Waals surface area contributed by atoms with Crippen LogP contribution in [0, 0.1) is 11.8 Å². The maximum atomic E-state index is 12.4. The molecular weight excluding hydrogens is 318 g/mol. The van der Waals surface area contributed by atoms with E-state index in [9.17, 15) is 4.79 Å². The number of carbonyl (C=O) groups excluding carboxylic acids is 1. The predicted molar refractivity (Wildman–Crippen MR) is 98.3 cm³/mol. The van der Waals surface area contributed by atoms with Gasteiger partial charge in [0.15, 0.2) is 0 Å². The zero-order valence-electron chi connectivity index (χ0n) is 14.1. The Morgan fingerprint density at radius 2 is 2.00 bits per heavy atom. The third-order valence-electron chi connectivity index (χ3n) is 4.49. The van der Waals surface area contributed by atoms with Gasteiger partial charge in [-0.1, -0.05) is 43.3 Å². The van der Waals surface area contributed by atoms with Gasteiger partial charge in [-0.05, 0) is 42.0 Å². The first-order valence-electron chi connectivity index (χ1n) is 8.28. The lowest BCUT2D eigenvalue weighted by Gasteiger charge is -2.19. The van der Waals surface area contributed by atoms with E-state index in [2.05, 4.69) is 24.4 Å². The highest BCUT2D eigenvalue weighted by molar-refractivity contribution is 8.00. The Bertz CT molecular complexity index is 689. The molecule has 3 unspecified atom stereocenters. The SMILES string of the molecule is COc1cccc(SCC(=O)NC(c2ccccc2)C2CC2C)c1. The van der Waals surface area contributed by atoms with Crippen molar-refractivity contribution >= 4 is 17.7 Å². The molecule has 1 aliphatic carbocycles. The summed E-state index contributed by atoms with van der Waals surface area (Å²) < 4.78 is 5.22. The second-order valence-corrected chi connectivity index (χ2v) is 7.35. The molecule has 0 saturated heterocycles. The summed E-state index contributed by atoms with van der Waals surface area (Å²) in [6, 6.07) is 18.2. The molecule has 1 N–H and O–H groups in total. The quantitative estimate of drug-likeness (QED) is 0.763. The lowest BCUT2D eigenvalue weighted by Crippen LogP contribution is -2.31. The zero-order chi connectivity index (χ0) is 16.9. The highest BCUT2D eigenvalue weighted by Crippen LogP contribution is 2.46. The minimum absolute atomic E-state index is 0.0794. The Hall–Kier alpha value is -1.94. The maximum Gasteiger partial charge on any atom is 0.230 e. The number of hydrogen-bond donors (Lipinski definition) is 1. The molecule has 3 nitrogen and oxygen atoms in total.